The maximum absolute atomic E-state index is 12.3. The van der Waals surface area contributed by atoms with E-state index in [1.54, 1.807) is 30.3 Å². The van der Waals surface area contributed by atoms with E-state index in [2.05, 4.69) is 15.6 Å². The average molecular weight is 482 g/mol. The van der Waals surface area contributed by atoms with Crippen LogP contribution in [-0.4, -0.2) is 16.0 Å². The first-order valence-electron chi connectivity index (χ1n) is 9.61. The summed E-state index contributed by atoms with van der Waals surface area (Å²) in [6.45, 7) is 1.93. The molecule has 0 aliphatic rings. The third kappa shape index (κ3) is 4.99. The predicted octanol–water partition coefficient (Wildman–Crippen LogP) is 6.64. The molecule has 2 aromatic carbocycles. The summed E-state index contributed by atoms with van der Waals surface area (Å²) in [6, 6.07) is 18.4. The number of rotatable bonds is 4. The summed E-state index contributed by atoms with van der Waals surface area (Å²) in [5, 5.41) is 7.61. The van der Waals surface area contributed by atoms with Crippen molar-refractivity contribution in [1.82, 2.24) is 10.3 Å². The highest BCUT2D eigenvalue weighted by Crippen LogP contribution is 2.34. The van der Waals surface area contributed by atoms with Crippen molar-refractivity contribution in [3.63, 3.8) is 0 Å². The number of aryl methyl sites for hydroxylation is 1. The third-order valence-corrected chi connectivity index (χ3v) is 5.62. The van der Waals surface area contributed by atoms with Gasteiger partial charge >= 0.3 is 0 Å². The molecule has 0 saturated heterocycles. The van der Waals surface area contributed by atoms with Crippen LogP contribution < -0.4 is 10.6 Å². The van der Waals surface area contributed by atoms with Gasteiger partial charge in [0.2, 0.25) is 5.91 Å². The van der Waals surface area contributed by atoms with Gasteiger partial charge in [0.25, 0.3) is 0 Å². The lowest BCUT2D eigenvalue weighted by Gasteiger charge is -2.11. The Morgan fingerprint density at radius 2 is 1.88 bits per heavy atom. The summed E-state index contributed by atoms with van der Waals surface area (Å²) in [6.07, 6.45) is 2.88. The van der Waals surface area contributed by atoms with Crippen molar-refractivity contribution >= 4 is 69.1 Å². The highest BCUT2D eigenvalue weighted by atomic mass is 35.5. The van der Waals surface area contributed by atoms with E-state index in [0.29, 0.717) is 27.1 Å². The van der Waals surface area contributed by atoms with Gasteiger partial charge in [-0.3, -0.25) is 15.1 Å². The van der Waals surface area contributed by atoms with Crippen LogP contribution in [0.25, 0.3) is 28.3 Å². The Hall–Kier alpha value is -3.19. The lowest BCUT2D eigenvalue weighted by molar-refractivity contribution is -0.115. The van der Waals surface area contributed by atoms with Gasteiger partial charge in [-0.05, 0) is 73.7 Å². The molecule has 4 rings (SSSR count). The van der Waals surface area contributed by atoms with Gasteiger partial charge in [0, 0.05) is 28.4 Å². The summed E-state index contributed by atoms with van der Waals surface area (Å²) < 4.78 is 5.75. The zero-order valence-electron chi connectivity index (χ0n) is 16.9. The van der Waals surface area contributed by atoms with E-state index < -0.39 is 5.91 Å². The zero-order chi connectivity index (χ0) is 22.7. The second kappa shape index (κ2) is 9.53. The summed E-state index contributed by atoms with van der Waals surface area (Å²) in [7, 11) is 0. The van der Waals surface area contributed by atoms with Crippen LogP contribution in [0.15, 0.2) is 71.2 Å². The molecule has 8 heteroatoms. The minimum atomic E-state index is -0.393. The van der Waals surface area contributed by atoms with E-state index in [4.69, 9.17) is 39.8 Å². The van der Waals surface area contributed by atoms with Crippen LogP contribution in [-0.2, 0) is 4.79 Å². The second-order valence-corrected chi connectivity index (χ2v) is 8.10. The number of anilines is 1. The Kier molecular flexibility index (Phi) is 6.55. The van der Waals surface area contributed by atoms with E-state index in [-0.39, 0.29) is 5.11 Å². The maximum atomic E-state index is 12.3. The largest absolute Gasteiger partial charge is 0.457 e. The van der Waals surface area contributed by atoms with Gasteiger partial charge in [-0.1, -0.05) is 35.3 Å². The van der Waals surface area contributed by atoms with Crippen LogP contribution in [0.1, 0.15) is 11.5 Å². The van der Waals surface area contributed by atoms with Crippen molar-refractivity contribution in [3.05, 3.63) is 88.2 Å². The fourth-order valence-corrected chi connectivity index (χ4v) is 3.72. The number of thiocarbonyl (C=S) groups is 1. The number of hydrogen-bond donors (Lipinski definition) is 2. The van der Waals surface area contributed by atoms with Crippen LogP contribution in [0.3, 0.4) is 0 Å². The molecule has 0 radical (unpaired) electrons. The number of pyridine rings is 1. The molecule has 4 aromatic rings. The van der Waals surface area contributed by atoms with E-state index in [9.17, 15) is 4.79 Å². The first-order chi connectivity index (χ1) is 15.4. The number of nitrogens with one attached hydrogen (secondary N) is 2. The van der Waals surface area contributed by atoms with Gasteiger partial charge < -0.3 is 9.73 Å². The minimum absolute atomic E-state index is 0.179. The topological polar surface area (TPSA) is 67.2 Å². The molecule has 1 amide bonds. The Morgan fingerprint density at radius 1 is 1.06 bits per heavy atom. The summed E-state index contributed by atoms with van der Waals surface area (Å²) in [4.78, 5) is 16.8. The average Bonchev–Trinajstić information content (AvgIpc) is 3.23. The molecule has 0 fully saturated rings. The number of nitrogens with zero attached hydrogens (tertiary/aromatic N) is 1. The number of fused-ring (bicyclic) bond motifs is 1. The monoisotopic (exact) mass is 481 g/mol. The van der Waals surface area contributed by atoms with Gasteiger partial charge in [0.1, 0.15) is 11.5 Å². The molecule has 0 saturated carbocycles. The van der Waals surface area contributed by atoms with Crippen molar-refractivity contribution < 1.29 is 9.21 Å². The molecule has 0 unspecified atom stereocenters. The van der Waals surface area contributed by atoms with Crippen LogP contribution in [0.2, 0.25) is 10.0 Å². The van der Waals surface area contributed by atoms with Crippen molar-refractivity contribution in [3.8, 4) is 11.3 Å². The first-order valence-corrected chi connectivity index (χ1v) is 10.8. The van der Waals surface area contributed by atoms with E-state index in [0.717, 1.165) is 22.3 Å². The van der Waals surface area contributed by atoms with Gasteiger partial charge in [0.05, 0.1) is 15.6 Å². The summed E-state index contributed by atoms with van der Waals surface area (Å²) in [5.41, 5.74) is 3.21. The number of carbonyl (C=O) groups excluding carboxylic acids is 1. The highest BCUT2D eigenvalue weighted by Gasteiger charge is 2.11. The third-order valence-electron chi connectivity index (χ3n) is 4.60. The smallest absolute Gasteiger partial charge is 0.250 e. The number of carbonyl (C=O) groups is 1. The van der Waals surface area contributed by atoms with Crippen LogP contribution in [0, 0.1) is 6.92 Å². The fourth-order valence-electron chi connectivity index (χ4n) is 3.11. The number of amides is 1. The van der Waals surface area contributed by atoms with Gasteiger partial charge in [-0.25, -0.2) is 0 Å². The van der Waals surface area contributed by atoms with Crippen LogP contribution >= 0.6 is 35.4 Å². The Balaban J connectivity index is 1.40. The van der Waals surface area contributed by atoms with Crippen molar-refractivity contribution in [1.29, 1.82) is 0 Å². The number of aromatic nitrogens is 1. The lowest BCUT2D eigenvalue weighted by Crippen LogP contribution is -2.32. The predicted molar refractivity (Wildman–Crippen MR) is 134 cm³/mol. The lowest BCUT2D eigenvalue weighted by atomic mass is 10.1. The number of hydrogen-bond acceptors (Lipinski definition) is 4. The Bertz CT molecular complexity index is 1360. The summed E-state index contributed by atoms with van der Waals surface area (Å²) >= 11 is 17.6. The zero-order valence-corrected chi connectivity index (χ0v) is 19.2. The molecule has 160 valence electrons. The van der Waals surface area contributed by atoms with E-state index >= 15 is 0 Å². The van der Waals surface area contributed by atoms with E-state index in [1.807, 2.05) is 43.3 Å². The Labute approximate surface area is 200 Å². The van der Waals surface area contributed by atoms with Crippen molar-refractivity contribution in [2.24, 2.45) is 0 Å². The second-order valence-electron chi connectivity index (χ2n) is 6.90. The maximum Gasteiger partial charge on any atom is 0.250 e. The molecular formula is C24H17Cl2N3O2S. The molecule has 32 heavy (non-hydrogen) atoms. The van der Waals surface area contributed by atoms with Gasteiger partial charge in [0.15, 0.2) is 5.11 Å². The minimum Gasteiger partial charge on any atom is -0.457 e. The van der Waals surface area contributed by atoms with Crippen LogP contribution in [0.5, 0.6) is 0 Å². The quantitative estimate of drug-likeness (QED) is 0.252. The molecule has 5 nitrogen and oxygen atoms in total. The van der Waals surface area contributed by atoms with E-state index in [1.165, 1.54) is 6.08 Å². The molecular weight excluding hydrogens is 465 g/mol. The highest BCUT2D eigenvalue weighted by molar-refractivity contribution is 7.80. The molecule has 2 heterocycles. The van der Waals surface area contributed by atoms with Gasteiger partial charge in [-0.15, -0.1) is 0 Å². The normalized spacial score (nSPS) is 11.1. The van der Waals surface area contributed by atoms with Crippen molar-refractivity contribution in [2.45, 2.75) is 6.92 Å². The molecule has 0 spiro atoms. The fraction of sp³-hybridized carbons (Fsp3) is 0.0417. The van der Waals surface area contributed by atoms with Gasteiger partial charge in [-0.2, -0.15) is 0 Å². The molecule has 0 aliphatic heterocycles. The molecule has 0 bridgehead atoms. The molecule has 0 aliphatic carbocycles. The summed E-state index contributed by atoms with van der Waals surface area (Å²) in [5.74, 6) is 0.644. The van der Waals surface area contributed by atoms with Crippen LogP contribution in [0.4, 0.5) is 5.69 Å². The molecule has 0 atom stereocenters. The number of furan rings is 1. The Morgan fingerprint density at radius 3 is 2.72 bits per heavy atom. The number of benzene rings is 2. The van der Waals surface area contributed by atoms with Crippen molar-refractivity contribution in [2.75, 3.05) is 5.32 Å². The first kappa shape index (κ1) is 22.0. The SMILES string of the molecule is Cc1ccc2c(NC(=S)NC(=O)/C=C/c3ccc(-c4cccc(Cl)c4Cl)o3)cccc2n1. The molecule has 2 aromatic heterocycles. The molecule has 2 N–H and O–H groups in total. The number of halogens is 2. The standard InChI is InChI=1S/C24H17Cl2N3O2S/c1-14-8-11-16-19(27-14)6-3-7-20(16)28-24(32)29-22(30)13-10-15-9-12-21(31-15)17-4-2-5-18(25)23(17)26/h2-13H,1H3,(H2,28,29,30,32)/b13-10+.